The first-order valence-corrected chi connectivity index (χ1v) is 3.62. The Balaban J connectivity index is 2.03. The van der Waals surface area contributed by atoms with Crippen LogP contribution in [0.1, 0.15) is 19.3 Å². The summed E-state index contributed by atoms with van der Waals surface area (Å²) in [4.78, 5) is 0. The fourth-order valence-electron chi connectivity index (χ4n) is 0.828. The van der Waals surface area contributed by atoms with Crippen LogP contribution in [-0.4, -0.2) is 17.1 Å². The van der Waals surface area contributed by atoms with Crippen LogP contribution in [0.3, 0.4) is 0 Å². The number of hydrogen-bond acceptors (Lipinski definition) is 1. The molecular formula is C6H11ClO. The molecule has 1 aliphatic rings. The molecule has 0 aromatic heterocycles. The smallest absolute Gasteiger partial charge is 0.0579 e. The number of halogens is 1. The van der Waals surface area contributed by atoms with Gasteiger partial charge in [-0.2, -0.15) is 0 Å². The van der Waals surface area contributed by atoms with Crippen molar-refractivity contribution in [2.45, 2.75) is 25.4 Å². The number of hydrogen-bond donors (Lipinski definition) is 1. The summed E-state index contributed by atoms with van der Waals surface area (Å²) in [5.74, 6) is 1.19. The average molecular weight is 135 g/mol. The molecule has 0 aromatic carbocycles. The minimum Gasteiger partial charge on any atom is -0.393 e. The minimum atomic E-state index is -0.104. The van der Waals surface area contributed by atoms with Gasteiger partial charge in [0.15, 0.2) is 0 Å². The molecule has 1 N–H and O–H groups in total. The molecule has 1 fully saturated rings. The van der Waals surface area contributed by atoms with E-state index in [0.29, 0.717) is 11.8 Å². The van der Waals surface area contributed by atoms with Crippen LogP contribution in [0.25, 0.3) is 0 Å². The summed E-state index contributed by atoms with van der Waals surface area (Å²) in [6, 6.07) is 0. The monoisotopic (exact) mass is 134 g/mol. The van der Waals surface area contributed by atoms with Crippen LogP contribution in [0.5, 0.6) is 0 Å². The van der Waals surface area contributed by atoms with Gasteiger partial charge in [0.1, 0.15) is 0 Å². The first-order valence-electron chi connectivity index (χ1n) is 3.08. The summed E-state index contributed by atoms with van der Waals surface area (Å²) in [7, 11) is 0. The molecule has 0 aromatic rings. The van der Waals surface area contributed by atoms with E-state index in [4.69, 9.17) is 16.7 Å². The van der Waals surface area contributed by atoms with Gasteiger partial charge in [0.2, 0.25) is 0 Å². The zero-order chi connectivity index (χ0) is 5.98. The zero-order valence-electron chi connectivity index (χ0n) is 4.81. The third-order valence-electron chi connectivity index (χ3n) is 1.57. The van der Waals surface area contributed by atoms with E-state index in [-0.39, 0.29) is 6.10 Å². The number of rotatable bonds is 3. The maximum absolute atomic E-state index is 9.10. The van der Waals surface area contributed by atoms with Gasteiger partial charge < -0.3 is 5.11 Å². The first-order chi connectivity index (χ1) is 3.84. The molecule has 1 nitrogen and oxygen atoms in total. The lowest BCUT2D eigenvalue weighted by Crippen LogP contribution is -2.08. The highest BCUT2D eigenvalue weighted by molar-refractivity contribution is 6.17. The molecule has 48 valence electrons. The van der Waals surface area contributed by atoms with Crippen molar-refractivity contribution in [3.8, 4) is 0 Å². The van der Waals surface area contributed by atoms with Gasteiger partial charge in [0.05, 0.1) is 6.10 Å². The lowest BCUT2D eigenvalue weighted by molar-refractivity contribution is 0.148. The summed E-state index contributed by atoms with van der Waals surface area (Å²) in [6.07, 6.45) is 3.08. The van der Waals surface area contributed by atoms with Crippen LogP contribution >= 0.6 is 11.6 Å². The van der Waals surface area contributed by atoms with Gasteiger partial charge in [-0.1, -0.05) is 0 Å². The second kappa shape index (κ2) is 2.70. The predicted molar refractivity (Wildman–Crippen MR) is 34.1 cm³/mol. The molecule has 0 aliphatic heterocycles. The summed E-state index contributed by atoms with van der Waals surface area (Å²) in [5, 5.41) is 9.10. The molecule has 0 radical (unpaired) electrons. The molecule has 0 heterocycles. The van der Waals surface area contributed by atoms with E-state index in [1.165, 1.54) is 12.8 Å². The zero-order valence-corrected chi connectivity index (χ0v) is 5.56. The number of aliphatic hydroxyl groups excluding tert-OH is 1. The normalized spacial score (nSPS) is 23.2. The van der Waals surface area contributed by atoms with Crippen molar-refractivity contribution in [2.75, 3.05) is 5.88 Å². The Hall–Kier alpha value is 0.250. The van der Waals surface area contributed by atoms with Crippen molar-refractivity contribution in [2.24, 2.45) is 5.92 Å². The molecule has 2 heteroatoms. The molecule has 1 rings (SSSR count). The molecule has 0 amide bonds. The average Bonchev–Trinajstić information content (AvgIpc) is 2.45. The number of aliphatic hydroxyl groups is 1. The molecule has 1 atom stereocenters. The SMILES string of the molecule is OC(CCCl)C1CC1. The highest BCUT2D eigenvalue weighted by Gasteiger charge is 2.28. The second-order valence-corrected chi connectivity index (χ2v) is 2.76. The van der Waals surface area contributed by atoms with Gasteiger partial charge in [-0.15, -0.1) is 11.6 Å². The quantitative estimate of drug-likeness (QED) is 0.579. The fraction of sp³-hybridized carbons (Fsp3) is 1.00. The number of alkyl halides is 1. The van der Waals surface area contributed by atoms with Crippen molar-refractivity contribution in [3.63, 3.8) is 0 Å². The van der Waals surface area contributed by atoms with E-state index in [1.807, 2.05) is 0 Å². The van der Waals surface area contributed by atoms with Gasteiger partial charge in [0, 0.05) is 5.88 Å². The summed E-state index contributed by atoms with van der Waals surface area (Å²) < 4.78 is 0. The van der Waals surface area contributed by atoms with E-state index in [1.54, 1.807) is 0 Å². The third-order valence-corrected chi connectivity index (χ3v) is 1.79. The standard InChI is InChI=1S/C6H11ClO/c7-4-3-6(8)5-1-2-5/h5-6,8H,1-4H2. The van der Waals surface area contributed by atoms with Crippen LogP contribution in [-0.2, 0) is 0 Å². The molecule has 1 aliphatic carbocycles. The Morgan fingerprint density at radius 2 is 2.25 bits per heavy atom. The van der Waals surface area contributed by atoms with Gasteiger partial charge in [-0.25, -0.2) is 0 Å². The van der Waals surface area contributed by atoms with Crippen LogP contribution in [0.2, 0.25) is 0 Å². The third kappa shape index (κ3) is 1.64. The maximum atomic E-state index is 9.10. The molecule has 8 heavy (non-hydrogen) atoms. The summed E-state index contributed by atoms with van der Waals surface area (Å²) in [5.41, 5.74) is 0. The van der Waals surface area contributed by atoms with E-state index >= 15 is 0 Å². The van der Waals surface area contributed by atoms with E-state index in [0.717, 1.165) is 6.42 Å². The lowest BCUT2D eigenvalue weighted by Gasteiger charge is -2.03. The van der Waals surface area contributed by atoms with E-state index in [9.17, 15) is 0 Å². The van der Waals surface area contributed by atoms with E-state index < -0.39 is 0 Å². The van der Waals surface area contributed by atoms with Crippen LogP contribution in [0, 0.1) is 5.92 Å². The highest BCUT2D eigenvalue weighted by atomic mass is 35.5. The Morgan fingerprint density at radius 1 is 1.62 bits per heavy atom. The molecule has 0 bridgehead atoms. The summed E-state index contributed by atoms with van der Waals surface area (Å²) >= 11 is 5.41. The Morgan fingerprint density at radius 3 is 2.62 bits per heavy atom. The fourth-order valence-corrected chi connectivity index (χ4v) is 1.05. The molecule has 0 saturated heterocycles. The van der Waals surface area contributed by atoms with Crippen LogP contribution in [0.15, 0.2) is 0 Å². The molecule has 1 unspecified atom stereocenters. The Labute approximate surface area is 54.7 Å². The van der Waals surface area contributed by atoms with Crippen molar-refractivity contribution in [1.82, 2.24) is 0 Å². The topological polar surface area (TPSA) is 20.2 Å². The maximum Gasteiger partial charge on any atom is 0.0579 e. The predicted octanol–water partition coefficient (Wildman–Crippen LogP) is 1.39. The lowest BCUT2D eigenvalue weighted by atomic mass is 10.2. The van der Waals surface area contributed by atoms with Crippen LogP contribution in [0.4, 0.5) is 0 Å². The van der Waals surface area contributed by atoms with Crippen LogP contribution < -0.4 is 0 Å². The van der Waals surface area contributed by atoms with E-state index in [2.05, 4.69) is 0 Å². The van der Waals surface area contributed by atoms with Crippen molar-refractivity contribution in [3.05, 3.63) is 0 Å². The molecular weight excluding hydrogens is 124 g/mol. The van der Waals surface area contributed by atoms with Crippen molar-refractivity contribution < 1.29 is 5.11 Å². The van der Waals surface area contributed by atoms with Gasteiger partial charge in [-0.3, -0.25) is 0 Å². The molecule has 0 spiro atoms. The highest BCUT2D eigenvalue weighted by Crippen LogP contribution is 2.33. The Bertz CT molecular complexity index is 70.9. The van der Waals surface area contributed by atoms with Gasteiger partial charge in [-0.05, 0) is 25.2 Å². The minimum absolute atomic E-state index is 0.104. The first kappa shape index (κ1) is 6.37. The largest absolute Gasteiger partial charge is 0.393 e. The van der Waals surface area contributed by atoms with Crippen molar-refractivity contribution in [1.29, 1.82) is 0 Å². The second-order valence-electron chi connectivity index (χ2n) is 2.38. The van der Waals surface area contributed by atoms with Gasteiger partial charge in [0.25, 0.3) is 0 Å². The Kier molecular flexibility index (Phi) is 2.15. The molecule has 1 saturated carbocycles. The van der Waals surface area contributed by atoms with Gasteiger partial charge >= 0.3 is 0 Å². The summed E-state index contributed by atoms with van der Waals surface area (Å²) in [6.45, 7) is 0. The van der Waals surface area contributed by atoms with Crippen molar-refractivity contribution >= 4 is 11.6 Å².